The van der Waals surface area contributed by atoms with Crippen LogP contribution in [0.1, 0.15) is 0 Å². The molecule has 0 nitrogen and oxygen atoms in total. The molecule has 20 rings (SSSR count). The Morgan fingerprint density at radius 1 is 0.156 bits per heavy atom. The largest absolute Gasteiger partial charge is 0.244 e. The highest BCUT2D eigenvalue weighted by atomic mass is 14.4. The van der Waals surface area contributed by atoms with Crippen LogP contribution < -0.4 is 32.8 Å². The van der Waals surface area contributed by atoms with Crippen molar-refractivity contribution in [2.45, 2.75) is 0 Å². The third-order valence-electron chi connectivity index (χ3n) is 20.6. The lowest BCUT2D eigenvalue weighted by Crippen LogP contribution is -2.53. The Bertz CT molecular complexity index is 5210. The SMILES string of the molecule is c1ccc(-c2cc3c4c(c2)-c2cc(-c5c(-c6ccccc6)cccc5-c5ccccc5)c5cc6c7c(cc(-c8c(-c9ccccc9)cccc8-c8ccccc8)c8cc(c2c5c87)B4c2ccccc2-3)-c2cc(-c3ccccc3)cc3c2B6c2ccccc2-3)cc1. The topological polar surface area (TPSA) is 0 Å². The van der Waals surface area contributed by atoms with E-state index in [-0.39, 0.29) is 13.4 Å². The van der Waals surface area contributed by atoms with Gasteiger partial charge in [0.2, 0.25) is 13.4 Å². The maximum atomic E-state index is 2.71. The maximum absolute atomic E-state index is 2.71. The van der Waals surface area contributed by atoms with Crippen LogP contribution in [0.4, 0.5) is 0 Å². The quantitative estimate of drug-likeness (QED) is 0.105. The van der Waals surface area contributed by atoms with E-state index in [0.29, 0.717) is 0 Å². The van der Waals surface area contributed by atoms with Crippen LogP contribution in [0.25, 0.3) is 166 Å². The van der Waals surface area contributed by atoms with Crippen LogP contribution in [0.2, 0.25) is 0 Å². The molecule has 0 saturated carbocycles. The molecule has 0 saturated heterocycles. The Kier molecular flexibility index (Phi) is 10.6. The highest BCUT2D eigenvalue weighted by Crippen LogP contribution is 2.55. The van der Waals surface area contributed by atoms with Crippen molar-refractivity contribution in [1.82, 2.24) is 0 Å². The van der Waals surface area contributed by atoms with Gasteiger partial charge in [0.1, 0.15) is 0 Å². The highest BCUT2D eigenvalue weighted by Gasteiger charge is 2.45. The van der Waals surface area contributed by atoms with Crippen molar-refractivity contribution in [2.75, 3.05) is 0 Å². The Labute approximate surface area is 524 Å². The average molecular weight is 1130 g/mol. The van der Waals surface area contributed by atoms with Gasteiger partial charge in [-0.1, -0.05) is 312 Å². The summed E-state index contributed by atoms with van der Waals surface area (Å²) in [6, 6.07) is 120. The molecule has 4 aliphatic heterocycles. The van der Waals surface area contributed by atoms with Crippen molar-refractivity contribution in [3.05, 3.63) is 315 Å². The zero-order chi connectivity index (χ0) is 58.7. The third-order valence-corrected chi connectivity index (χ3v) is 20.6. The number of fused-ring (bicyclic) bond motifs is 10. The Morgan fingerprint density at radius 2 is 0.433 bits per heavy atom. The number of hydrogen-bond acceptors (Lipinski definition) is 0. The first-order valence-corrected chi connectivity index (χ1v) is 31.7. The molecule has 0 amide bonds. The fraction of sp³-hybridized carbons (Fsp3) is 0. The smallest absolute Gasteiger partial charge is 0.0664 e. The van der Waals surface area contributed by atoms with Crippen LogP contribution >= 0.6 is 0 Å². The van der Waals surface area contributed by atoms with E-state index in [4.69, 9.17) is 0 Å². The van der Waals surface area contributed by atoms with Gasteiger partial charge in [0.25, 0.3) is 0 Å². The lowest BCUT2D eigenvalue weighted by atomic mass is 9.34. The first-order chi connectivity index (χ1) is 44.7. The van der Waals surface area contributed by atoms with Crippen LogP contribution in [0, 0.1) is 0 Å². The number of rotatable bonds is 8. The van der Waals surface area contributed by atoms with Crippen molar-refractivity contribution in [1.29, 1.82) is 0 Å². The third kappa shape index (κ3) is 6.99. The van der Waals surface area contributed by atoms with Gasteiger partial charge >= 0.3 is 0 Å². The summed E-state index contributed by atoms with van der Waals surface area (Å²) in [5, 5.41) is 7.97. The molecule has 0 aromatic heterocycles. The molecule has 0 spiro atoms. The van der Waals surface area contributed by atoms with Crippen LogP contribution in [-0.4, -0.2) is 13.4 Å². The monoisotopic (exact) mass is 1130 g/mol. The molecular formula is C88H52B2. The minimum absolute atomic E-state index is 0.00579. The van der Waals surface area contributed by atoms with Gasteiger partial charge in [-0.05, 0) is 202 Å². The minimum Gasteiger partial charge on any atom is -0.0664 e. The van der Waals surface area contributed by atoms with Gasteiger partial charge in [0, 0.05) is 0 Å². The summed E-state index contributed by atoms with van der Waals surface area (Å²) in [6.45, 7) is -0.0116. The van der Waals surface area contributed by atoms with Crippen molar-refractivity contribution in [3.8, 4) is 134 Å². The predicted molar refractivity (Wildman–Crippen MR) is 385 cm³/mol. The van der Waals surface area contributed by atoms with E-state index in [1.165, 1.54) is 199 Å². The van der Waals surface area contributed by atoms with E-state index in [2.05, 4.69) is 315 Å². The molecule has 4 aliphatic rings. The van der Waals surface area contributed by atoms with Crippen molar-refractivity contribution in [2.24, 2.45) is 0 Å². The molecule has 0 atom stereocenters. The number of benzene rings is 16. The predicted octanol–water partition coefficient (Wildman–Crippen LogP) is 18.9. The standard InChI is InChI=1S/C88H52B2/c1-7-25-53(26-8-1)59-45-73-65-37-19-21-43-77(65)89-79-51-72-68(82-63(57-33-15-5-16-34-57)41-24-42-64(82)58-35-17-6-18-36-58)50-70-76-48-60(54-27-9-2-10-28-54)46-74-66-38-20-22-44-78(66)90(88(74)76)80-52-71-67(49-69(75(47-59)87(73)89)83(79)85(71)86(72)84(70)80)81-61(55-29-11-3-12-30-55)39-23-40-62(81)56-31-13-4-14-32-56/h1-52H. The molecule has 0 fully saturated rings. The molecule has 16 aromatic rings. The van der Waals surface area contributed by atoms with Gasteiger partial charge in [-0.25, -0.2) is 0 Å². The van der Waals surface area contributed by atoms with Crippen LogP contribution in [-0.2, 0) is 0 Å². The first kappa shape index (κ1) is 49.8. The fourth-order valence-electron chi connectivity index (χ4n) is 17.0. The molecule has 0 aliphatic carbocycles. The Hall–Kier alpha value is -11.3. The van der Waals surface area contributed by atoms with E-state index in [9.17, 15) is 0 Å². The molecule has 0 radical (unpaired) electrons. The van der Waals surface area contributed by atoms with E-state index in [0.717, 1.165) is 0 Å². The molecule has 2 heteroatoms. The van der Waals surface area contributed by atoms with Gasteiger partial charge < -0.3 is 0 Å². The van der Waals surface area contributed by atoms with Gasteiger partial charge in [-0.2, -0.15) is 0 Å². The lowest BCUT2D eigenvalue weighted by molar-refractivity contribution is 1.57. The minimum atomic E-state index is -0.00579. The second-order valence-corrected chi connectivity index (χ2v) is 25.1. The fourth-order valence-corrected chi connectivity index (χ4v) is 17.0. The lowest BCUT2D eigenvalue weighted by Gasteiger charge is -2.34. The summed E-state index contributed by atoms with van der Waals surface area (Å²) in [6.07, 6.45) is 0. The molecule has 410 valence electrons. The van der Waals surface area contributed by atoms with E-state index in [1.807, 2.05) is 0 Å². The van der Waals surface area contributed by atoms with Crippen LogP contribution in [0.15, 0.2) is 315 Å². The number of hydrogen-bond donors (Lipinski definition) is 0. The zero-order valence-corrected chi connectivity index (χ0v) is 49.2. The summed E-state index contributed by atoms with van der Waals surface area (Å²) >= 11 is 0. The van der Waals surface area contributed by atoms with Crippen molar-refractivity contribution in [3.63, 3.8) is 0 Å². The molecule has 0 N–H and O–H groups in total. The van der Waals surface area contributed by atoms with Gasteiger partial charge in [-0.3, -0.25) is 0 Å². The molecule has 0 bridgehead atoms. The summed E-state index contributed by atoms with van der Waals surface area (Å²) in [4.78, 5) is 0. The maximum Gasteiger partial charge on any atom is 0.244 e. The van der Waals surface area contributed by atoms with E-state index < -0.39 is 0 Å². The van der Waals surface area contributed by atoms with Crippen molar-refractivity contribution >= 4 is 78.5 Å². The molecule has 4 heterocycles. The van der Waals surface area contributed by atoms with Crippen LogP contribution in [0.5, 0.6) is 0 Å². The normalized spacial score (nSPS) is 12.6. The van der Waals surface area contributed by atoms with Gasteiger partial charge in [-0.15, -0.1) is 0 Å². The molecule has 90 heavy (non-hydrogen) atoms. The molecule has 0 unspecified atom stereocenters. The van der Waals surface area contributed by atoms with Gasteiger partial charge in [0.05, 0.1) is 0 Å². The summed E-state index contributed by atoms with van der Waals surface area (Å²) in [7, 11) is 0. The summed E-state index contributed by atoms with van der Waals surface area (Å²) in [5.74, 6) is 0. The molecular weight excluding hydrogens is 1080 g/mol. The summed E-state index contributed by atoms with van der Waals surface area (Å²) in [5.41, 5.74) is 38.4. The molecule has 16 aromatic carbocycles. The van der Waals surface area contributed by atoms with E-state index in [1.54, 1.807) is 0 Å². The highest BCUT2D eigenvalue weighted by molar-refractivity contribution is 7.03. The van der Waals surface area contributed by atoms with E-state index >= 15 is 0 Å². The van der Waals surface area contributed by atoms with Crippen LogP contribution in [0.3, 0.4) is 0 Å². The Morgan fingerprint density at radius 3 is 0.767 bits per heavy atom. The average Bonchev–Trinajstić information content (AvgIpc) is 1.12. The second kappa shape index (κ2) is 19.1. The Balaban J connectivity index is 1.05. The second-order valence-electron chi connectivity index (χ2n) is 25.1. The first-order valence-electron chi connectivity index (χ1n) is 31.7. The van der Waals surface area contributed by atoms with Gasteiger partial charge in [0.15, 0.2) is 0 Å². The van der Waals surface area contributed by atoms with Crippen molar-refractivity contribution < 1.29 is 0 Å². The zero-order valence-electron chi connectivity index (χ0n) is 49.2. The summed E-state index contributed by atoms with van der Waals surface area (Å²) < 4.78 is 0.